The normalized spacial score (nSPS) is 6.43. The van der Waals surface area contributed by atoms with Gasteiger partial charge in [-0.3, -0.25) is 6.58 Å². The summed E-state index contributed by atoms with van der Waals surface area (Å²) in [6, 6.07) is 0. The predicted molar refractivity (Wildman–Crippen MR) is 21.1 cm³/mol. The van der Waals surface area contributed by atoms with Gasteiger partial charge in [0.2, 0.25) is 0 Å². The van der Waals surface area contributed by atoms with Crippen LogP contribution in [0.4, 0.5) is 0 Å². The van der Waals surface area contributed by atoms with Crippen molar-refractivity contribution < 1.29 is 39.5 Å². The van der Waals surface area contributed by atoms with Gasteiger partial charge in [0, 0.05) is 0 Å². The fourth-order valence-electron chi connectivity index (χ4n) is 0. The molecule has 0 saturated carbocycles. The number of carboxylic acid groups (broad SMARTS) is 1. The molecule has 0 saturated heterocycles. The van der Waals surface area contributed by atoms with E-state index in [1.807, 2.05) is 0 Å². The second-order valence-electron chi connectivity index (χ2n) is 0.988. The van der Waals surface area contributed by atoms with E-state index in [0.29, 0.717) is 0 Å². The van der Waals surface area contributed by atoms with E-state index in [1.165, 1.54) is 6.92 Å². The molecule has 0 bridgehead atoms. The van der Waals surface area contributed by atoms with Gasteiger partial charge in [-0.2, -0.15) is 0 Å². The van der Waals surface area contributed by atoms with Gasteiger partial charge in [-0.15, -0.1) is 5.57 Å². The van der Waals surface area contributed by atoms with E-state index >= 15 is 0 Å². The van der Waals surface area contributed by atoms with Crippen molar-refractivity contribution in [2.45, 2.75) is 6.92 Å². The van der Waals surface area contributed by atoms with Crippen molar-refractivity contribution in [1.29, 1.82) is 0 Å². The molecule has 0 aliphatic heterocycles. The molecule has 0 aromatic heterocycles. The number of carbonyl (C=O) groups is 1. The van der Waals surface area contributed by atoms with Crippen molar-refractivity contribution in [3.63, 3.8) is 0 Å². The molecule has 2 nitrogen and oxygen atoms in total. The zero-order valence-electron chi connectivity index (χ0n) is 4.43. The molecule has 7 heavy (non-hydrogen) atoms. The third kappa shape index (κ3) is 6.21. The van der Waals surface area contributed by atoms with Crippen LogP contribution in [0, 0.1) is 6.58 Å². The third-order valence-corrected chi connectivity index (χ3v) is 0.337. The van der Waals surface area contributed by atoms with E-state index in [9.17, 15) is 4.79 Å². The number of hydrogen-bond acceptors (Lipinski definition) is 1. The summed E-state index contributed by atoms with van der Waals surface area (Å²) in [6.45, 7) is 6.09. The molecule has 0 aromatic carbocycles. The smallest absolute Gasteiger partial charge is 0.562 e. The molecule has 0 unspecified atom stereocenters. The van der Waals surface area contributed by atoms with Crippen molar-refractivity contribution in [2.24, 2.45) is 0 Å². The summed E-state index contributed by atoms with van der Waals surface area (Å²) >= 11 is 0. The van der Waals surface area contributed by atoms with Crippen LogP contribution in [-0.2, 0) is 4.79 Å². The number of hydrogen-bond donors (Lipinski definition) is 1. The maximum atomic E-state index is 9.54. The number of aliphatic carboxylic acids is 1. The second-order valence-corrected chi connectivity index (χ2v) is 0.988. The Morgan fingerprint density at radius 3 is 1.86 bits per heavy atom. The fraction of sp³-hybridized carbons (Fsp3) is 0.250. The topological polar surface area (TPSA) is 37.3 Å². The van der Waals surface area contributed by atoms with E-state index in [1.54, 1.807) is 0 Å². The summed E-state index contributed by atoms with van der Waals surface area (Å²) in [5.74, 6) is -1.05. The fourth-order valence-corrected chi connectivity index (χ4v) is 0. The van der Waals surface area contributed by atoms with Gasteiger partial charge < -0.3 is 9.90 Å². The second kappa shape index (κ2) is 4.37. The molecule has 0 aliphatic rings. The van der Waals surface area contributed by atoms with Crippen molar-refractivity contribution >= 4 is 5.97 Å². The van der Waals surface area contributed by atoms with Gasteiger partial charge in [-0.05, 0) is 0 Å². The first-order valence-electron chi connectivity index (χ1n) is 1.47. The van der Waals surface area contributed by atoms with Crippen molar-refractivity contribution in [3.05, 3.63) is 12.2 Å². The maximum absolute atomic E-state index is 9.54. The predicted octanol–water partition coefficient (Wildman–Crippen LogP) is -2.55. The summed E-state index contributed by atoms with van der Waals surface area (Å²) in [5.41, 5.74) is -0.0741. The van der Waals surface area contributed by atoms with Crippen LogP contribution in [0.1, 0.15) is 6.92 Å². The molecular weight excluding hydrogens is 103 g/mol. The summed E-state index contributed by atoms with van der Waals surface area (Å²) < 4.78 is 0. The Morgan fingerprint density at radius 2 is 1.86 bits per heavy atom. The first-order valence-corrected chi connectivity index (χ1v) is 1.47. The maximum Gasteiger partial charge on any atom is 1.00 e. The van der Waals surface area contributed by atoms with E-state index in [2.05, 4.69) is 0 Å². The Labute approximate surface area is 64.5 Å². The Hall–Kier alpha value is 0.210. The van der Waals surface area contributed by atoms with E-state index in [4.69, 9.17) is 11.7 Å². The van der Waals surface area contributed by atoms with Crippen LogP contribution < -0.4 is 29.6 Å². The molecule has 0 aliphatic carbocycles. The van der Waals surface area contributed by atoms with Gasteiger partial charge in [0.15, 0.2) is 5.97 Å². The van der Waals surface area contributed by atoms with E-state index in [0.717, 1.165) is 0 Å². The Bertz CT molecular complexity index is 75.7. The minimum absolute atomic E-state index is 0. The summed E-state index contributed by atoms with van der Waals surface area (Å²) in [5, 5.41) is 7.83. The first kappa shape index (κ1) is 10.2. The first-order chi connectivity index (χ1) is 2.64. The van der Waals surface area contributed by atoms with Crippen molar-refractivity contribution in [3.8, 4) is 0 Å². The largest absolute Gasteiger partial charge is 1.00 e. The number of carboxylic acids is 1. The molecular formula is C4H5NaO2. The summed E-state index contributed by atoms with van der Waals surface area (Å²) in [7, 11) is 0. The number of rotatable bonds is 1. The van der Waals surface area contributed by atoms with Crippen LogP contribution in [0.15, 0.2) is 5.57 Å². The molecule has 0 fully saturated rings. The van der Waals surface area contributed by atoms with Gasteiger partial charge in [0.05, 0.1) is 0 Å². The zero-order chi connectivity index (χ0) is 5.15. The quantitative estimate of drug-likeness (QED) is 0.228. The monoisotopic (exact) mass is 108 g/mol. The summed E-state index contributed by atoms with van der Waals surface area (Å²) in [6.07, 6.45) is 0. The third-order valence-electron chi connectivity index (χ3n) is 0.337. The SMILES string of the molecule is [CH-]=C(C)C(=O)O.[Na+]. The molecule has 0 radical (unpaired) electrons. The average Bonchev–Trinajstić information content (AvgIpc) is 1.36. The van der Waals surface area contributed by atoms with Crippen molar-refractivity contribution in [2.75, 3.05) is 0 Å². The zero-order valence-corrected chi connectivity index (χ0v) is 6.43. The minimum Gasteiger partial charge on any atom is -0.562 e. The van der Waals surface area contributed by atoms with Gasteiger partial charge in [0.25, 0.3) is 0 Å². The molecule has 0 spiro atoms. The van der Waals surface area contributed by atoms with Crippen LogP contribution >= 0.6 is 0 Å². The van der Waals surface area contributed by atoms with Crippen molar-refractivity contribution in [1.82, 2.24) is 0 Å². The van der Waals surface area contributed by atoms with E-state index in [-0.39, 0.29) is 35.1 Å². The Kier molecular flexibility index (Phi) is 6.40. The molecule has 0 amide bonds. The standard InChI is InChI=1S/C4H5O2.Na/c1-3(2)4(5)6;/h1H,2H3,(H,5,6);/q-1;+1. The minimum atomic E-state index is -1.05. The van der Waals surface area contributed by atoms with Crippen LogP contribution in [0.25, 0.3) is 0 Å². The molecule has 1 N–H and O–H groups in total. The molecule has 0 rings (SSSR count). The molecule has 0 atom stereocenters. The molecule has 34 valence electrons. The van der Waals surface area contributed by atoms with Crippen LogP contribution in [0.5, 0.6) is 0 Å². The Balaban J connectivity index is 0. The van der Waals surface area contributed by atoms with Gasteiger partial charge >= 0.3 is 29.6 Å². The van der Waals surface area contributed by atoms with Gasteiger partial charge in [0.1, 0.15) is 0 Å². The Morgan fingerprint density at radius 1 is 1.71 bits per heavy atom. The van der Waals surface area contributed by atoms with Gasteiger partial charge in [-0.25, -0.2) is 0 Å². The van der Waals surface area contributed by atoms with Gasteiger partial charge in [-0.1, -0.05) is 6.92 Å². The average molecular weight is 108 g/mol. The van der Waals surface area contributed by atoms with Crippen LogP contribution in [-0.4, -0.2) is 11.1 Å². The van der Waals surface area contributed by atoms with Crippen LogP contribution in [0.2, 0.25) is 0 Å². The molecule has 0 heterocycles. The molecule has 3 heteroatoms. The van der Waals surface area contributed by atoms with E-state index < -0.39 is 5.97 Å². The summed E-state index contributed by atoms with van der Waals surface area (Å²) in [4.78, 5) is 9.54. The molecule has 0 aromatic rings. The van der Waals surface area contributed by atoms with Crippen LogP contribution in [0.3, 0.4) is 0 Å².